The second-order valence-electron chi connectivity index (χ2n) is 4.31. The van der Waals surface area contributed by atoms with Crippen LogP contribution in [0.15, 0.2) is 48.1 Å². The van der Waals surface area contributed by atoms with Crippen molar-refractivity contribution in [2.75, 3.05) is 0 Å². The van der Waals surface area contributed by atoms with Crippen molar-refractivity contribution in [3.63, 3.8) is 0 Å². The fourth-order valence-electron chi connectivity index (χ4n) is 1.60. The van der Waals surface area contributed by atoms with Crippen LogP contribution in [0.4, 0.5) is 0 Å². The highest BCUT2D eigenvalue weighted by molar-refractivity contribution is 6.30. The minimum atomic E-state index is -0.0168. The van der Waals surface area contributed by atoms with E-state index in [-0.39, 0.29) is 5.78 Å². The summed E-state index contributed by atoms with van der Waals surface area (Å²) in [6.07, 6.45) is 8.45. The number of ketones is 1. The zero-order chi connectivity index (χ0) is 14.1. The summed E-state index contributed by atoms with van der Waals surface area (Å²) in [5.41, 5.74) is 1.70. The Labute approximate surface area is 118 Å². The van der Waals surface area contributed by atoms with Gasteiger partial charge in [-0.25, -0.2) is 0 Å². The number of hydrogen-bond acceptors (Lipinski definition) is 2. The molecule has 1 aromatic carbocycles. The smallest absolute Gasteiger partial charge is 0.185 e. The van der Waals surface area contributed by atoms with E-state index in [1.165, 1.54) is 0 Å². The quantitative estimate of drug-likeness (QED) is 0.320. The van der Waals surface area contributed by atoms with Crippen molar-refractivity contribution in [3.8, 4) is 0 Å². The van der Waals surface area contributed by atoms with Crippen molar-refractivity contribution in [2.24, 2.45) is 0 Å². The Kier molecular flexibility index (Phi) is 6.83. The topological polar surface area (TPSA) is 34.1 Å². The normalized spacial score (nSPS) is 11.8. The number of halogens is 1. The first-order chi connectivity index (χ1) is 9.13. The predicted octanol–water partition coefficient (Wildman–Crippen LogP) is 4.39. The summed E-state index contributed by atoms with van der Waals surface area (Å²) in [6.45, 7) is 1.93. The van der Waals surface area contributed by atoms with E-state index < -0.39 is 0 Å². The Balaban J connectivity index is 2.36. The molecular weight excluding hydrogens is 260 g/mol. The molecule has 0 atom stereocenters. The lowest BCUT2D eigenvalue weighted by molar-refractivity contribution is -0.104. The molecular formula is C16H17ClO2. The van der Waals surface area contributed by atoms with Gasteiger partial charge in [0.05, 0.1) is 0 Å². The molecule has 1 aromatic rings. The molecule has 2 nitrogen and oxygen atoms in total. The van der Waals surface area contributed by atoms with E-state index in [4.69, 9.17) is 11.6 Å². The van der Waals surface area contributed by atoms with Gasteiger partial charge < -0.3 is 0 Å². The Hall–Kier alpha value is -1.67. The zero-order valence-corrected chi connectivity index (χ0v) is 11.7. The number of benzene rings is 1. The minimum Gasteiger partial charge on any atom is -0.299 e. The van der Waals surface area contributed by atoms with Crippen LogP contribution in [0.1, 0.15) is 36.5 Å². The van der Waals surface area contributed by atoms with Crippen LogP contribution < -0.4 is 0 Å². The molecule has 3 heteroatoms. The highest BCUT2D eigenvalue weighted by Gasteiger charge is 2.00. The van der Waals surface area contributed by atoms with Crippen LogP contribution in [-0.4, -0.2) is 12.1 Å². The van der Waals surface area contributed by atoms with Crippen molar-refractivity contribution in [1.29, 1.82) is 0 Å². The van der Waals surface area contributed by atoms with Crippen molar-refractivity contribution in [1.82, 2.24) is 0 Å². The molecule has 0 unspecified atom stereocenters. The summed E-state index contributed by atoms with van der Waals surface area (Å²) in [7, 11) is 0. The van der Waals surface area contributed by atoms with Crippen LogP contribution in [0.2, 0.25) is 5.02 Å². The molecule has 0 saturated heterocycles. The number of carbonyl (C=O) groups excluding carboxylic acids is 2. The third kappa shape index (κ3) is 6.16. The molecule has 0 N–H and O–H groups in total. The maximum absolute atomic E-state index is 11.8. The lowest BCUT2D eigenvalue weighted by Crippen LogP contribution is -1.93. The largest absolute Gasteiger partial charge is 0.299 e. The van der Waals surface area contributed by atoms with Gasteiger partial charge >= 0.3 is 0 Å². The molecule has 0 fully saturated rings. The third-order valence-corrected chi connectivity index (χ3v) is 2.94. The number of aldehydes is 1. The monoisotopic (exact) mass is 276 g/mol. The number of unbranched alkanes of at least 4 members (excludes halogenated alkanes) is 1. The number of carbonyl (C=O) groups is 2. The summed E-state index contributed by atoms with van der Waals surface area (Å²) >= 11 is 5.76. The van der Waals surface area contributed by atoms with Crippen molar-refractivity contribution in [3.05, 3.63) is 58.7 Å². The second-order valence-corrected chi connectivity index (χ2v) is 4.75. The third-order valence-electron chi connectivity index (χ3n) is 2.69. The minimum absolute atomic E-state index is 0.0168. The lowest BCUT2D eigenvalue weighted by atomic mass is 10.1. The van der Waals surface area contributed by atoms with Gasteiger partial charge in [0.2, 0.25) is 0 Å². The van der Waals surface area contributed by atoms with Crippen molar-refractivity contribution >= 4 is 23.7 Å². The SMILES string of the molecule is C/C(=C\C=O)CCC/C=C/C(=O)c1ccc(Cl)cc1. The summed E-state index contributed by atoms with van der Waals surface area (Å²) < 4.78 is 0. The van der Waals surface area contributed by atoms with Crippen LogP contribution in [0.3, 0.4) is 0 Å². The fourth-order valence-corrected chi connectivity index (χ4v) is 1.72. The first kappa shape index (κ1) is 15.4. The van der Waals surface area contributed by atoms with Gasteiger partial charge in [0.1, 0.15) is 6.29 Å². The van der Waals surface area contributed by atoms with Gasteiger partial charge in [-0.2, -0.15) is 0 Å². The molecule has 0 aliphatic rings. The van der Waals surface area contributed by atoms with E-state index >= 15 is 0 Å². The lowest BCUT2D eigenvalue weighted by Gasteiger charge is -1.97. The van der Waals surface area contributed by atoms with Crippen LogP contribution in [0.5, 0.6) is 0 Å². The van der Waals surface area contributed by atoms with Crippen molar-refractivity contribution in [2.45, 2.75) is 26.2 Å². The van der Waals surface area contributed by atoms with E-state index in [9.17, 15) is 9.59 Å². The average Bonchev–Trinajstić information content (AvgIpc) is 2.39. The molecule has 0 saturated carbocycles. The van der Waals surface area contributed by atoms with Crippen LogP contribution in [0.25, 0.3) is 0 Å². The van der Waals surface area contributed by atoms with E-state index in [0.29, 0.717) is 10.6 Å². The van der Waals surface area contributed by atoms with Crippen LogP contribution in [-0.2, 0) is 4.79 Å². The Morgan fingerprint density at radius 3 is 2.58 bits per heavy atom. The van der Waals surface area contributed by atoms with Crippen LogP contribution in [0, 0.1) is 0 Å². The predicted molar refractivity (Wildman–Crippen MR) is 78.6 cm³/mol. The summed E-state index contributed by atoms with van der Waals surface area (Å²) in [5, 5.41) is 0.623. The summed E-state index contributed by atoms with van der Waals surface area (Å²) in [4.78, 5) is 22.0. The Bertz CT molecular complexity index is 484. The first-order valence-electron chi connectivity index (χ1n) is 6.21. The number of hydrogen-bond donors (Lipinski definition) is 0. The van der Waals surface area contributed by atoms with Crippen molar-refractivity contribution < 1.29 is 9.59 Å². The molecule has 19 heavy (non-hydrogen) atoms. The Morgan fingerprint density at radius 1 is 1.26 bits per heavy atom. The second kappa shape index (κ2) is 8.44. The molecule has 100 valence electrons. The number of allylic oxidation sites excluding steroid dienone is 4. The maximum atomic E-state index is 11.8. The molecule has 0 radical (unpaired) electrons. The van der Waals surface area contributed by atoms with E-state index in [0.717, 1.165) is 31.1 Å². The van der Waals surface area contributed by atoms with Gasteiger partial charge in [0, 0.05) is 10.6 Å². The summed E-state index contributed by atoms with van der Waals surface area (Å²) in [5.74, 6) is -0.0168. The van der Waals surface area contributed by atoms with Crippen LogP contribution >= 0.6 is 11.6 Å². The molecule has 0 heterocycles. The standard InChI is InChI=1S/C16H17ClO2/c1-13(11-12-18)5-3-2-4-6-16(19)14-7-9-15(17)10-8-14/h4,6-12H,2-3,5H2,1H3/b6-4+,13-11+. The zero-order valence-electron chi connectivity index (χ0n) is 10.9. The Morgan fingerprint density at radius 2 is 1.95 bits per heavy atom. The molecule has 0 amide bonds. The van der Waals surface area contributed by atoms with E-state index in [1.807, 2.05) is 13.0 Å². The van der Waals surface area contributed by atoms with E-state index in [1.54, 1.807) is 36.4 Å². The van der Waals surface area contributed by atoms with Gasteiger partial charge in [-0.3, -0.25) is 9.59 Å². The highest BCUT2D eigenvalue weighted by atomic mass is 35.5. The molecule has 0 aliphatic carbocycles. The molecule has 1 rings (SSSR count). The first-order valence-corrected chi connectivity index (χ1v) is 6.58. The van der Waals surface area contributed by atoms with Gasteiger partial charge in [-0.15, -0.1) is 0 Å². The van der Waals surface area contributed by atoms with Gasteiger partial charge in [0.25, 0.3) is 0 Å². The molecule has 0 spiro atoms. The van der Waals surface area contributed by atoms with Gasteiger partial charge in [-0.05, 0) is 62.6 Å². The maximum Gasteiger partial charge on any atom is 0.185 e. The van der Waals surface area contributed by atoms with E-state index in [2.05, 4.69) is 0 Å². The fraction of sp³-hybridized carbons (Fsp3) is 0.250. The number of rotatable bonds is 7. The highest BCUT2D eigenvalue weighted by Crippen LogP contribution is 2.11. The average molecular weight is 277 g/mol. The van der Waals surface area contributed by atoms with Gasteiger partial charge in [-0.1, -0.05) is 23.3 Å². The van der Waals surface area contributed by atoms with Gasteiger partial charge in [0.15, 0.2) is 5.78 Å². The molecule has 0 bridgehead atoms. The molecule has 0 aromatic heterocycles. The summed E-state index contributed by atoms with van der Waals surface area (Å²) in [6, 6.07) is 6.84. The molecule has 0 aliphatic heterocycles.